The molecule has 0 spiro atoms. The molecule has 1 aromatic carbocycles. The highest BCUT2D eigenvalue weighted by molar-refractivity contribution is 7.90. The molecular weight excluding hydrogens is 546 g/mol. The van der Waals surface area contributed by atoms with Gasteiger partial charge in [-0.2, -0.15) is 0 Å². The fraction of sp³-hybridized carbons (Fsp3) is 0.794. The number of nitrogens with zero attached hydrogens (tertiary/aromatic N) is 1. The van der Waals surface area contributed by atoms with E-state index in [1.165, 1.54) is 57.1 Å². The number of carbonyl (C=O) groups is 1. The van der Waals surface area contributed by atoms with E-state index < -0.39 is 16.1 Å². The highest BCUT2D eigenvalue weighted by Gasteiger charge is 2.62. The summed E-state index contributed by atoms with van der Waals surface area (Å²) in [6.45, 7) is 10.3. The highest BCUT2D eigenvalue weighted by atomic mass is 32.2. The van der Waals surface area contributed by atoms with E-state index >= 15 is 0 Å². The largest absolute Gasteiger partial charge is 0.393 e. The second kappa shape index (κ2) is 11.9. The maximum Gasteiger partial charge on any atom is 0.328 e. The molecule has 4 aliphatic rings. The first-order chi connectivity index (χ1) is 19.8. The van der Waals surface area contributed by atoms with Gasteiger partial charge in [0, 0.05) is 26.3 Å². The summed E-state index contributed by atoms with van der Waals surface area (Å²) in [5.41, 5.74) is 1.60. The van der Waals surface area contributed by atoms with E-state index in [1.807, 2.05) is 19.0 Å². The molecule has 10 atom stereocenters. The van der Waals surface area contributed by atoms with E-state index in [1.54, 1.807) is 12.1 Å². The molecule has 42 heavy (non-hydrogen) atoms. The SMILES string of the molecule is CC[C@H]1CC2[C@@H]3CC[C@H]([C@H](C)CCNC(=O)NS(=O)(=O)c4ccc(N(C)C)cc4)[C@@]3(C)CC[C@@H]2[C@@]2(C)CC[C@@H](O)CC12. The van der Waals surface area contributed by atoms with Crippen LogP contribution in [0.3, 0.4) is 0 Å². The van der Waals surface area contributed by atoms with Crippen molar-refractivity contribution in [2.45, 2.75) is 103 Å². The lowest BCUT2D eigenvalue weighted by atomic mass is 9.42. The van der Waals surface area contributed by atoms with Crippen LogP contribution in [0.2, 0.25) is 0 Å². The fourth-order valence-electron chi connectivity index (χ4n) is 10.7. The summed E-state index contributed by atoms with van der Waals surface area (Å²) in [4.78, 5) is 14.5. The summed E-state index contributed by atoms with van der Waals surface area (Å²) in [6, 6.07) is 5.83. The van der Waals surface area contributed by atoms with Crippen LogP contribution in [0.1, 0.15) is 91.9 Å². The monoisotopic (exact) mass is 601 g/mol. The third kappa shape index (κ3) is 5.71. The summed E-state index contributed by atoms with van der Waals surface area (Å²) in [7, 11) is -0.139. The molecule has 1 aromatic rings. The molecule has 3 N–H and O–H groups in total. The third-order valence-electron chi connectivity index (χ3n) is 12.9. The number of sulfonamides is 1. The number of urea groups is 1. The first-order valence-corrected chi connectivity index (χ1v) is 18.0. The van der Waals surface area contributed by atoms with Crippen molar-refractivity contribution in [3.63, 3.8) is 0 Å². The van der Waals surface area contributed by atoms with Crippen LogP contribution in [-0.2, 0) is 10.0 Å². The molecular formula is C34H55N3O4S. The van der Waals surface area contributed by atoms with Crippen molar-refractivity contribution in [2.75, 3.05) is 25.5 Å². The number of amides is 2. The number of carbonyl (C=O) groups excluding carboxylic acids is 1. The zero-order chi connectivity index (χ0) is 30.4. The molecule has 7 nitrogen and oxygen atoms in total. The summed E-state index contributed by atoms with van der Waals surface area (Å²) in [5.74, 6) is 4.85. The highest BCUT2D eigenvalue weighted by Crippen LogP contribution is 2.69. The van der Waals surface area contributed by atoms with Crippen LogP contribution in [0, 0.1) is 52.3 Å². The Morgan fingerprint density at radius 2 is 1.67 bits per heavy atom. The number of hydrogen-bond acceptors (Lipinski definition) is 5. The van der Waals surface area contributed by atoms with Crippen LogP contribution in [0.5, 0.6) is 0 Å². The van der Waals surface area contributed by atoms with Crippen molar-refractivity contribution in [1.82, 2.24) is 10.0 Å². The number of fused-ring (bicyclic) bond motifs is 5. The molecule has 4 saturated carbocycles. The van der Waals surface area contributed by atoms with Crippen LogP contribution in [0.25, 0.3) is 0 Å². The van der Waals surface area contributed by atoms with Crippen molar-refractivity contribution in [3.05, 3.63) is 24.3 Å². The van der Waals surface area contributed by atoms with E-state index in [0.717, 1.165) is 48.6 Å². The average Bonchev–Trinajstić information content (AvgIpc) is 3.30. The summed E-state index contributed by atoms with van der Waals surface area (Å²) in [5, 5.41) is 13.4. The minimum Gasteiger partial charge on any atom is -0.393 e. The van der Waals surface area contributed by atoms with E-state index in [0.29, 0.717) is 35.1 Å². The number of hydrogen-bond donors (Lipinski definition) is 3. The van der Waals surface area contributed by atoms with Gasteiger partial charge in [-0.25, -0.2) is 17.9 Å². The molecule has 2 amide bonds. The van der Waals surface area contributed by atoms with Gasteiger partial charge in [0.05, 0.1) is 11.0 Å². The Morgan fingerprint density at radius 1 is 1.00 bits per heavy atom. The smallest absolute Gasteiger partial charge is 0.328 e. The Balaban J connectivity index is 1.17. The van der Waals surface area contributed by atoms with Gasteiger partial charge in [0.15, 0.2) is 0 Å². The zero-order valence-corrected chi connectivity index (χ0v) is 27.6. The molecule has 0 bridgehead atoms. The Morgan fingerprint density at radius 3 is 2.33 bits per heavy atom. The molecule has 4 fully saturated rings. The van der Waals surface area contributed by atoms with Gasteiger partial charge in [-0.1, -0.05) is 34.1 Å². The molecule has 8 heteroatoms. The van der Waals surface area contributed by atoms with Gasteiger partial charge in [0.2, 0.25) is 0 Å². The van der Waals surface area contributed by atoms with Gasteiger partial charge in [-0.05, 0) is 134 Å². The lowest BCUT2D eigenvalue weighted by Crippen LogP contribution is -2.56. The fourth-order valence-corrected chi connectivity index (χ4v) is 11.6. The second-order valence-corrected chi connectivity index (χ2v) is 16.7. The van der Waals surface area contributed by atoms with Gasteiger partial charge in [0.25, 0.3) is 10.0 Å². The van der Waals surface area contributed by atoms with Crippen molar-refractivity contribution >= 4 is 21.7 Å². The predicted octanol–water partition coefficient (Wildman–Crippen LogP) is 6.42. The third-order valence-corrected chi connectivity index (χ3v) is 14.2. The van der Waals surface area contributed by atoms with E-state index in [4.69, 9.17) is 0 Å². The molecule has 4 aliphatic carbocycles. The van der Waals surface area contributed by atoms with Crippen LogP contribution >= 0.6 is 0 Å². The molecule has 0 aliphatic heterocycles. The first-order valence-electron chi connectivity index (χ1n) is 16.6. The van der Waals surface area contributed by atoms with Crippen molar-refractivity contribution in [2.24, 2.45) is 52.3 Å². The zero-order valence-electron chi connectivity index (χ0n) is 26.7. The molecule has 0 heterocycles. The van der Waals surface area contributed by atoms with Gasteiger partial charge in [-0.3, -0.25) is 0 Å². The average molecular weight is 602 g/mol. The van der Waals surface area contributed by atoms with Gasteiger partial charge in [0.1, 0.15) is 0 Å². The van der Waals surface area contributed by atoms with Crippen LogP contribution in [0.4, 0.5) is 10.5 Å². The number of aliphatic hydroxyl groups is 1. The maximum atomic E-state index is 12.7. The molecule has 0 saturated heterocycles. The Hall–Kier alpha value is -1.80. The van der Waals surface area contributed by atoms with Gasteiger partial charge < -0.3 is 15.3 Å². The number of rotatable bonds is 8. The van der Waals surface area contributed by atoms with Crippen LogP contribution in [-0.4, -0.2) is 46.3 Å². The second-order valence-electron chi connectivity index (χ2n) is 15.1. The molecule has 236 valence electrons. The maximum absolute atomic E-state index is 12.7. The van der Waals surface area contributed by atoms with Crippen molar-refractivity contribution in [1.29, 1.82) is 0 Å². The predicted molar refractivity (Wildman–Crippen MR) is 169 cm³/mol. The van der Waals surface area contributed by atoms with E-state index in [2.05, 4.69) is 37.7 Å². The van der Waals surface area contributed by atoms with Crippen molar-refractivity contribution in [3.8, 4) is 0 Å². The first kappa shape index (κ1) is 31.6. The molecule has 0 aromatic heterocycles. The number of nitrogens with one attached hydrogen (secondary N) is 2. The number of benzene rings is 1. The Kier molecular flexibility index (Phi) is 8.99. The van der Waals surface area contributed by atoms with E-state index in [-0.39, 0.29) is 11.0 Å². The topological polar surface area (TPSA) is 98.7 Å². The minimum absolute atomic E-state index is 0.0785. The van der Waals surface area contributed by atoms with Crippen LogP contribution in [0.15, 0.2) is 29.2 Å². The lowest BCUT2D eigenvalue weighted by molar-refractivity contribution is -0.152. The lowest BCUT2D eigenvalue weighted by Gasteiger charge is -2.63. The van der Waals surface area contributed by atoms with Crippen molar-refractivity contribution < 1.29 is 18.3 Å². The number of anilines is 1. The Labute approximate surface area is 254 Å². The normalized spacial score (nSPS) is 38.5. The van der Waals surface area contributed by atoms with Gasteiger partial charge in [-0.15, -0.1) is 0 Å². The quantitative estimate of drug-likeness (QED) is 0.319. The summed E-state index contributed by atoms with van der Waals surface area (Å²) in [6.07, 6.45) is 11.6. The number of aliphatic hydroxyl groups excluding tert-OH is 1. The molecule has 2 unspecified atom stereocenters. The minimum atomic E-state index is -3.92. The summed E-state index contributed by atoms with van der Waals surface area (Å²) < 4.78 is 27.6. The Bertz CT molecular complexity index is 1220. The van der Waals surface area contributed by atoms with E-state index in [9.17, 15) is 18.3 Å². The molecule has 0 radical (unpaired) electrons. The van der Waals surface area contributed by atoms with Crippen LogP contribution < -0.4 is 14.9 Å². The summed E-state index contributed by atoms with van der Waals surface area (Å²) >= 11 is 0. The molecule has 5 rings (SSSR count). The standard InChI is InChI=1S/C34H55N3O4S/c1-7-23-20-27-29-13-12-28(33(29,3)18-15-30(27)34(4)17-14-25(38)21-31(23)34)22(2)16-19-35-32(39)36-42(40,41)26-10-8-24(9-11-26)37(5)6/h8-11,22-23,25,27-31,38H,7,12-21H2,1-6H3,(H2,35,36,39)/t22-,23+,25-,27?,28-,29+,30+,31?,33-,34-/m1/s1. The van der Waals surface area contributed by atoms with Gasteiger partial charge >= 0.3 is 6.03 Å².